The van der Waals surface area contributed by atoms with Gasteiger partial charge < -0.3 is 0 Å². The van der Waals surface area contributed by atoms with Gasteiger partial charge in [0, 0.05) is 37.5 Å². The quantitative estimate of drug-likeness (QED) is 0.424. The summed E-state index contributed by atoms with van der Waals surface area (Å²) in [5.41, 5.74) is 0. The van der Waals surface area contributed by atoms with Gasteiger partial charge in [0.1, 0.15) is 4.83 Å². The molecule has 0 N–H and O–H groups in total. The molecule has 0 aliphatic carbocycles. The number of aromatic nitrogens is 1. The van der Waals surface area contributed by atoms with Gasteiger partial charge in [0.25, 0.3) is 0 Å². The summed E-state index contributed by atoms with van der Waals surface area (Å²) >= 11 is 8.11. The minimum atomic E-state index is 0.807. The molecule has 0 aliphatic rings. The second-order valence-electron chi connectivity index (χ2n) is 4.24. The summed E-state index contributed by atoms with van der Waals surface area (Å²) in [6.07, 6.45) is 1.83. The van der Waals surface area contributed by atoms with E-state index in [0.717, 1.165) is 15.2 Å². The molecule has 0 atom stereocenters. The van der Waals surface area contributed by atoms with Gasteiger partial charge >= 0.3 is 0 Å². The SMILES string of the molecule is Clc1cc2c3cccnc3sc2c2ccccc12. The molecule has 2 aromatic carbocycles. The number of hydrogen-bond donors (Lipinski definition) is 0. The van der Waals surface area contributed by atoms with Crippen LogP contribution in [0.4, 0.5) is 0 Å². The fraction of sp³-hybridized carbons (Fsp3) is 0. The normalized spacial score (nSPS) is 11.6. The Balaban J connectivity index is 2.36. The highest BCUT2D eigenvalue weighted by Gasteiger charge is 2.10. The Hall–Kier alpha value is -1.64. The fourth-order valence-electron chi connectivity index (χ4n) is 2.39. The van der Waals surface area contributed by atoms with Crippen molar-refractivity contribution in [3.8, 4) is 0 Å². The van der Waals surface area contributed by atoms with Crippen molar-refractivity contribution >= 4 is 54.0 Å². The van der Waals surface area contributed by atoms with E-state index in [1.165, 1.54) is 20.9 Å². The number of hydrogen-bond acceptors (Lipinski definition) is 2. The van der Waals surface area contributed by atoms with E-state index in [1.54, 1.807) is 11.3 Å². The zero-order valence-electron chi connectivity index (χ0n) is 9.35. The van der Waals surface area contributed by atoms with E-state index in [1.807, 2.05) is 18.3 Å². The molecule has 86 valence electrons. The van der Waals surface area contributed by atoms with Crippen LogP contribution in [0, 0.1) is 0 Å². The molecule has 18 heavy (non-hydrogen) atoms. The molecule has 0 amide bonds. The zero-order valence-corrected chi connectivity index (χ0v) is 10.9. The Kier molecular flexibility index (Phi) is 2.10. The summed E-state index contributed by atoms with van der Waals surface area (Å²) < 4.78 is 1.27. The van der Waals surface area contributed by atoms with Crippen LogP contribution in [0.1, 0.15) is 0 Å². The van der Waals surface area contributed by atoms with Gasteiger partial charge in [-0.05, 0) is 18.2 Å². The van der Waals surface area contributed by atoms with Gasteiger partial charge in [-0.25, -0.2) is 4.98 Å². The topological polar surface area (TPSA) is 12.9 Å². The molecule has 4 rings (SSSR count). The molecule has 0 unspecified atom stereocenters. The van der Waals surface area contributed by atoms with Crippen LogP contribution in [0.5, 0.6) is 0 Å². The first-order valence-corrected chi connectivity index (χ1v) is 6.88. The van der Waals surface area contributed by atoms with Gasteiger partial charge in [-0.3, -0.25) is 0 Å². The molecule has 2 aromatic heterocycles. The third kappa shape index (κ3) is 1.30. The minimum absolute atomic E-state index is 0.807. The highest BCUT2D eigenvalue weighted by molar-refractivity contribution is 7.26. The number of benzene rings is 2. The molecule has 2 heterocycles. The molecular formula is C15H8ClNS. The maximum Gasteiger partial charge on any atom is 0.124 e. The predicted molar refractivity (Wildman–Crippen MR) is 79.6 cm³/mol. The van der Waals surface area contributed by atoms with Crippen molar-refractivity contribution in [1.82, 2.24) is 4.98 Å². The summed E-state index contributed by atoms with van der Waals surface area (Å²) in [5, 5.41) is 5.51. The van der Waals surface area contributed by atoms with Crippen molar-refractivity contribution < 1.29 is 0 Å². The zero-order chi connectivity index (χ0) is 12.1. The Morgan fingerprint density at radius 3 is 2.56 bits per heavy atom. The highest BCUT2D eigenvalue weighted by Crippen LogP contribution is 2.40. The molecule has 0 bridgehead atoms. The van der Waals surface area contributed by atoms with Gasteiger partial charge in [0.05, 0.1) is 0 Å². The van der Waals surface area contributed by atoms with Crippen LogP contribution in [0.25, 0.3) is 31.1 Å². The Morgan fingerprint density at radius 1 is 0.889 bits per heavy atom. The summed E-state index contributed by atoms with van der Waals surface area (Å²) in [7, 11) is 0. The summed E-state index contributed by atoms with van der Waals surface area (Å²) in [4.78, 5) is 5.50. The van der Waals surface area contributed by atoms with Crippen molar-refractivity contribution in [2.75, 3.05) is 0 Å². The molecule has 0 fully saturated rings. The van der Waals surface area contributed by atoms with Crippen molar-refractivity contribution in [2.45, 2.75) is 0 Å². The van der Waals surface area contributed by atoms with Gasteiger partial charge in [-0.1, -0.05) is 35.9 Å². The first-order valence-electron chi connectivity index (χ1n) is 5.69. The standard InChI is InChI=1S/C15H8ClNS/c16-13-8-12-11-6-3-7-17-15(11)18-14(12)10-5-2-1-4-9(10)13/h1-8H. The van der Waals surface area contributed by atoms with Crippen LogP contribution in [0.3, 0.4) is 0 Å². The van der Waals surface area contributed by atoms with Crippen molar-refractivity contribution in [2.24, 2.45) is 0 Å². The average molecular weight is 270 g/mol. The molecule has 0 radical (unpaired) electrons. The maximum absolute atomic E-state index is 6.38. The number of thiophene rings is 1. The van der Waals surface area contributed by atoms with E-state index in [2.05, 4.69) is 35.3 Å². The lowest BCUT2D eigenvalue weighted by atomic mass is 10.1. The van der Waals surface area contributed by atoms with Crippen LogP contribution in [0.15, 0.2) is 48.7 Å². The van der Waals surface area contributed by atoms with Gasteiger partial charge in [-0.2, -0.15) is 0 Å². The maximum atomic E-state index is 6.38. The van der Waals surface area contributed by atoms with Gasteiger partial charge in [0.2, 0.25) is 0 Å². The van der Waals surface area contributed by atoms with Crippen LogP contribution in [0.2, 0.25) is 5.02 Å². The van der Waals surface area contributed by atoms with Crippen molar-refractivity contribution in [3.05, 3.63) is 53.7 Å². The number of nitrogens with zero attached hydrogens (tertiary/aromatic N) is 1. The Morgan fingerprint density at radius 2 is 1.67 bits per heavy atom. The van der Waals surface area contributed by atoms with Crippen LogP contribution in [-0.2, 0) is 0 Å². The third-order valence-corrected chi connectivity index (χ3v) is 4.68. The van der Waals surface area contributed by atoms with E-state index < -0.39 is 0 Å². The third-order valence-electron chi connectivity index (χ3n) is 3.20. The van der Waals surface area contributed by atoms with Crippen LogP contribution >= 0.6 is 22.9 Å². The number of halogens is 1. The molecule has 0 saturated heterocycles. The number of rotatable bonds is 0. The summed E-state index contributed by atoms with van der Waals surface area (Å²) in [5.74, 6) is 0. The molecule has 1 nitrogen and oxygen atoms in total. The van der Waals surface area contributed by atoms with Crippen LogP contribution in [-0.4, -0.2) is 4.98 Å². The molecule has 3 heteroatoms. The molecular weight excluding hydrogens is 262 g/mol. The smallest absolute Gasteiger partial charge is 0.124 e. The molecule has 0 aliphatic heterocycles. The van der Waals surface area contributed by atoms with Gasteiger partial charge in [-0.15, -0.1) is 11.3 Å². The minimum Gasteiger partial charge on any atom is -0.245 e. The summed E-state index contributed by atoms with van der Waals surface area (Å²) in [6.45, 7) is 0. The number of fused-ring (bicyclic) bond motifs is 5. The van der Waals surface area contributed by atoms with E-state index in [0.29, 0.717) is 0 Å². The Labute approximate surface area is 113 Å². The average Bonchev–Trinajstić information content (AvgIpc) is 2.78. The molecule has 0 spiro atoms. The first-order chi connectivity index (χ1) is 8.84. The largest absolute Gasteiger partial charge is 0.245 e. The van der Waals surface area contributed by atoms with E-state index in [9.17, 15) is 0 Å². The fourth-order valence-corrected chi connectivity index (χ4v) is 3.82. The summed E-state index contributed by atoms with van der Waals surface area (Å²) in [6, 6.07) is 14.4. The second kappa shape index (κ2) is 3.67. The van der Waals surface area contributed by atoms with Crippen molar-refractivity contribution in [1.29, 1.82) is 0 Å². The van der Waals surface area contributed by atoms with E-state index in [-0.39, 0.29) is 0 Å². The predicted octanol–water partition coefficient (Wildman–Crippen LogP) is 5.26. The molecule has 0 saturated carbocycles. The molecule has 4 aromatic rings. The lowest BCUT2D eigenvalue weighted by Crippen LogP contribution is -1.75. The lowest BCUT2D eigenvalue weighted by molar-refractivity contribution is 1.45. The van der Waals surface area contributed by atoms with E-state index in [4.69, 9.17) is 11.6 Å². The van der Waals surface area contributed by atoms with Crippen LogP contribution < -0.4 is 0 Å². The highest BCUT2D eigenvalue weighted by atomic mass is 35.5. The monoisotopic (exact) mass is 269 g/mol. The first kappa shape index (κ1) is 10.3. The second-order valence-corrected chi connectivity index (χ2v) is 5.65. The lowest BCUT2D eigenvalue weighted by Gasteiger charge is -2.01. The Bertz CT molecular complexity index is 895. The van der Waals surface area contributed by atoms with Gasteiger partial charge in [0.15, 0.2) is 0 Å². The number of pyridine rings is 1. The van der Waals surface area contributed by atoms with Crippen molar-refractivity contribution in [3.63, 3.8) is 0 Å². The van der Waals surface area contributed by atoms with E-state index >= 15 is 0 Å².